The van der Waals surface area contributed by atoms with Crippen LogP contribution in [0.15, 0.2) is 18.2 Å². The molecule has 6 aliphatic rings. The van der Waals surface area contributed by atoms with Crippen LogP contribution in [0.3, 0.4) is 0 Å². The number of amides is 3. The zero-order valence-corrected chi connectivity index (χ0v) is 16.7. The molecule has 4 aliphatic carbocycles. The van der Waals surface area contributed by atoms with Gasteiger partial charge in [-0.05, 0) is 85.8 Å². The van der Waals surface area contributed by atoms with Crippen molar-refractivity contribution in [3.05, 3.63) is 23.8 Å². The number of nitrogens with zero attached hydrogens (tertiary/aromatic N) is 1. The average molecular weight is 396 g/mol. The first kappa shape index (κ1) is 17.6. The number of rotatable bonds is 5. The Bertz CT molecular complexity index is 831. The molecule has 1 aromatic rings. The molecule has 0 spiro atoms. The fourth-order valence-electron chi connectivity index (χ4n) is 7.18. The molecule has 2 heterocycles. The fraction of sp³-hybridized carbons (Fsp3) is 0.652. The third-order valence-electron chi connectivity index (χ3n) is 8.01. The normalized spacial score (nSPS) is 36.8. The van der Waals surface area contributed by atoms with Crippen molar-refractivity contribution in [1.29, 1.82) is 0 Å². The molecule has 1 N–H and O–H groups in total. The maximum atomic E-state index is 13.0. The van der Waals surface area contributed by atoms with Crippen molar-refractivity contribution < 1.29 is 19.1 Å². The zero-order valence-electron chi connectivity index (χ0n) is 16.7. The highest BCUT2D eigenvalue weighted by molar-refractivity contribution is 6.04. The molecule has 1 unspecified atom stereocenters. The number of nitrogens with one attached hydrogen (secondary N) is 1. The van der Waals surface area contributed by atoms with Gasteiger partial charge in [0.2, 0.25) is 6.79 Å². The Balaban J connectivity index is 1.11. The number of ether oxygens (including phenoxy) is 2. The highest BCUT2D eigenvalue weighted by Gasteiger charge is 2.51. The van der Waals surface area contributed by atoms with Gasteiger partial charge >= 0.3 is 6.03 Å². The SMILES string of the molecule is O=C1NC(Cc2ccc3c(c2)OCO3)C(=O)N1CCC12CC3CC(CC(C3)C1)C2. The highest BCUT2D eigenvalue weighted by Crippen LogP contribution is 2.61. The lowest BCUT2D eigenvalue weighted by Gasteiger charge is -2.57. The minimum absolute atomic E-state index is 0.0857. The standard InChI is InChI=1S/C23H28N2O4/c26-21-18(8-14-1-2-19-20(9-14)29-13-28-19)24-22(27)25(21)4-3-23-10-15-5-16(11-23)7-17(6-15)12-23/h1-2,9,15-18H,3-8,10-13H2,(H,24,27). The van der Waals surface area contributed by atoms with Crippen molar-refractivity contribution in [2.75, 3.05) is 13.3 Å². The third-order valence-corrected chi connectivity index (χ3v) is 8.01. The van der Waals surface area contributed by atoms with Gasteiger partial charge in [0.15, 0.2) is 11.5 Å². The number of hydrogen-bond donors (Lipinski definition) is 1. The summed E-state index contributed by atoms with van der Waals surface area (Å²) in [5.74, 6) is 4.03. The molecule has 4 saturated carbocycles. The number of fused-ring (bicyclic) bond motifs is 1. The number of benzene rings is 1. The molecule has 6 heteroatoms. The second kappa shape index (κ2) is 6.38. The van der Waals surface area contributed by atoms with E-state index >= 15 is 0 Å². The maximum absolute atomic E-state index is 13.0. The van der Waals surface area contributed by atoms with Crippen molar-refractivity contribution in [3.8, 4) is 11.5 Å². The second-order valence-corrected chi connectivity index (χ2v) is 10.1. The molecular formula is C23H28N2O4. The zero-order chi connectivity index (χ0) is 19.6. The summed E-state index contributed by atoms with van der Waals surface area (Å²) in [5, 5.41) is 2.89. The van der Waals surface area contributed by atoms with Gasteiger partial charge in [-0.2, -0.15) is 0 Å². The molecule has 0 aromatic heterocycles. The third kappa shape index (κ3) is 2.99. The van der Waals surface area contributed by atoms with E-state index in [9.17, 15) is 9.59 Å². The van der Waals surface area contributed by atoms with Crippen molar-refractivity contribution >= 4 is 11.9 Å². The van der Waals surface area contributed by atoms with Gasteiger partial charge in [0, 0.05) is 13.0 Å². The van der Waals surface area contributed by atoms with Crippen molar-refractivity contribution in [2.45, 2.75) is 57.4 Å². The molecule has 154 valence electrons. The number of hydrogen-bond acceptors (Lipinski definition) is 4. The van der Waals surface area contributed by atoms with Crippen LogP contribution in [0.4, 0.5) is 4.79 Å². The molecule has 3 amide bonds. The van der Waals surface area contributed by atoms with E-state index in [2.05, 4.69) is 5.32 Å². The second-order valence-electron chi connectivity index (χ2n) is 10.1. The van der Waals surface area contributed by atoms with Crippen molar-refractivity contribution in [3.63, 3.8) is 0 Å². The summed E-state index contributed by atoms with van der Waals surface area (Å²) < 4.78 is 10.8. The van der Waals surface area contributed by atoms with Gasteiger partial charge in [-0.3, -0.25) is 9.69 Å². The number of imide groups is 1. The fourth-order valence-corrected chi connectivity index (χ4v) is 7.18. The summed E-state index contributed by atoms with van der Waals surface area (Å²) in [4.78, 5) is 27.0. The summed E-state index contributed by atoms with van der Waals surface area (Å²) in [6.45, 7) is 0.796. The molecule has 6 nitrogen and oxygen atoms in total. The molecule has 1 aromatic carbocycles. The van der Waals surface area contributed by atoms with Crippen LogP contribution in [0, 0.1) is 23.2 Å². The Morgan fingerprint density at radius 1 is 1.00 bits per heavy atom. The Kier molecular flexibility index (Phi) is 3.87. The first-order valence-corrected chi connectivity index (χ1v) is 11.1. The van der Waals surface area contributed by atoms with E-state index in [1.807, 2.05) is 18.2 Å². The summed E-state index contributed by atoms with van der Waals surface area (Å²) in [7, 11) is 0. The van der Waals surface area contributed by atoms with E-state index in [1.54, 1.807) is 0 Å². The van der Waals surface area contributed by atoms with Crippen LogP contribution in [-0.4, -0.2) is 36.2 Å². The highest BCUT2D eigenvalue weighted by atomic mass is 16.7. The van der Waals surface area contributed by atoms with Crippen LogP contribution in [0.1, 0.15) is 50.5 Å². The van der Waals surface area contributed by atoms with Gasteiger partial charge in [0.25, 0.3) is 5.91 Å². The minimum Gasteiger partial charge on any atom is -0.454 e. The molecule has 2 aliphatic heterocycles. The first-order chi connectivity index (χ1) is 14.1. The topological polar surface area (TPSA) is 67.9 Å². The van der Waals surface area contributed by atoms with Gasteiger partial charge in [0.05, 0.1) is 0 Å². The average Bonchev–Trinajstić information content (AvgIpc) is 3.23. The van der Waals surface area contributed by atoms with E-state index in [-0.39, 0.29) is 18.7 Å². The molecule has 1 atom stereocenters. The maximum Gasteiger partial charge on any atom is 0.324 e. The van der Waals surface area contributed by atoms with Gasteiger partial charge < -0.3 is 14.8 Å². The molecule has 1 saturated heterocycles. The van der Waals surface area contributed by atoms with Crippen LogP contribution < -0.4 is 14.8 Å². The largest absolute Gasteiger partial charge is 0.454 e. The molecule has 29 heavy (non-hydrogen) atoms. The van der Waals surface area contributed by atoms with Crippen LogP contribution in [0.2, 0.25) is 0 Å². The summed E-state index contributed by atoms with van der Waals surface area (Å²) in [5.41, 5.74) is 1.35. The van der Waals surface area contributed by atoms with E-state index in [0.29, 0.717) is 24.1 Å². The molecule has 4 bridgehead atoms. The molecular weight excluding hydrogens is 368 g/mol. The monoisotopic (exact) mass is 396 g/mol. The van der Waals surface area contributed by atoms with Crippen molar-refractivity contribution in [1.82, 2.24) is 10.2 Å². The summed E-state index contributed by atoms with van der Waals surface area (Å²) in [6.07, 6.45) is 9.64. The lowest BCUT2D eigenvalue weighted by molar-refractivity contribution is -0.128. The smallest absolute Gasteiger partial charge is 0.324 e. The van der Waals surface area contributed by atoms with Crippen LogP contribution in [0.5, 0.6) is 11.5 Å². The summed E-state index contributed by atoms with van der Waals surface area (Å²) >= 11 is 0. The molecule has 5 fully saturated rings. The Morgan fingerprint density at radius 3 is 2.41 bits per heavy atom. The van der Waals surface area contributed by atoms with E-state index < -0.39 is 6.04 Å². The van der Waals surface area contributed by atoms with Gasteiger partial charge in [-0.15, -0.1) is 0 Å². The van der Waals surface area contributed by atoms with Crippen LogP contribution >= 0.6 is 0 Å². The first-order valence-electron chi connectivity index (χ1n) is 11.1. The number of carbonyl (C=O) groups excluding carboxylic acids is 2. The Hall–Kier alpha value is -2.24. The van der Waals surface area contributed by atoms with E-state index in [1.165, 1.54) is 43.4 Å². The van der Waals surface area contributed by atoms with Crippen LogP contribution in [-0.2, 0) is 11.2 Å². The minimum atomic E-state index is -0.487. The number of urea groups is 1. The van der Waals surface area contributed by atoms with Gasteiger partial charge in [-0.1, -0.05) is 6.07 Å². The van der Waals surface area contributed by atoms with Crippen LogP contribution in [0.25, 0.3) is 0 Å². The number of carbonyl (C=O) groups is 2. The molecule has 7 rings (SSSR count). The van der Waals surface area contributed by atoms with Crippen molar-refractivity contribution in [2.24, 2.45) is 23.2 Å². The van der Waals surface area contributed by atoms with E-state index in [4.69, 9.17) is 9.47 Å². The predicted molar refractivity (Wildman–Crippen MR) is 106 cm³/mol. The Labute approximate surface area is 170 Å². The lowest BCUT2D eigenvalue weighted by Crippen LogP contribution is -2.47. The van der Waals surface area contributed by atoms with E-state index in [0.717, 1.165) is 35.5 Å². The van der Waals surface area contributed by atoms with Gasteiger partial charge in [0.1, 0.15) is 6.04 Å². The molecule has 0 radical (unpaired) electrons. The quantitative estimate of drug-likeness (QED) is 0.774. The summed E-state index contributed by atoms with van der Waals surface area (Å²) in [6, 6.07) is 4.99. The Morgan fingerprint density at radius 2 is 1.69 bits per heavy atom. The van der Waals surface area contributed by atoms with Gasteiger partial charge in [-0.25, -0.2) is 4.79 Å². The lowest BCUT2D eigenvalue weighted by atomic mass is 9.49. The predicted octanol–water partition coefficient (Wildman–Crippen LogP) is 3.48.